The molecular weight excluding hydrogens is 236 g/mol. The van der Waals surface area contributed by atoms with Gasteiger partial charge in [-0.2, -0.15) is 0 Å². The van der Waals surface area contributed by atoms with E-state index in [1.54, 1.807) is 26.4 Å². The van der Waals surface area contributed by atoms with Crippen LogP contribution in [0, 0.1) is 0 Å². The molecule has 6 heteroatoms. The van der Waals surface area contributed by atoms with Gasteiger partial charge in [0.05, 0.1) is 6.61 Å². The van der Waals surface area contributed by atoms with Gasteiger partial charge in [0.15, 0.2) is 5.76 Å². The Morgan fingerprint density at radius 2 is 2.06 bits per heavy atom. The van der Waals surface area contributed by atoms with Crippen molar-refractivity contribution >= 4 is 5.91 Å². The number of hydrogen-bond acceptors (Lipinski definition) is 5. The first-order valence-electron chi connectivity index (χ1n) is 5.83. The Labute approximate surface area is 107 Å². The highest BCUT2D eigenvalue weighted by Gasteiger charge is 2.09. The van der Waals surface area contributed by atoms with E-state index in [9.17, 15) is 4.79 Å². The molecule has 0 unspecified atom stereocenters. The van der Waals surface area contributed by atoms with Crippen LogP contribution in [0.1, 0.15) is 16.3 Å². The lowest BCUT2D eigenvalue weighted by molar-refractivity contribution is 0.0917. The molecule has 1 aromatic rings. The van der Waals surface area contributed by atoms with Crippen molar-refractivity contribution in [3.63, 3.8) is 0 Å². The van der Waals surface area contributed by atoms with Gasteiger partial charge in [-0.05, 0) is 12.1 Å². The highest BCUT2D eigenvalue weighted by Crippen LogP contribution is 2.08. The Morgan fingerprint density at radius 3 is 2.78 bits per heavy atom. The number of nitrogens with one attached hydrogen (secondary N) is 2. The van der Waals surface area contributed by atoms with Crippen molar-refractivity contribution in [3.05, 3.63) is 23.7 Å². The van der Waals surface area contributed by atoms with Crippen molar-refractivity contribution in [2.45, 2.75) is 6.61 Å². The summed E-state index contributed by atoms with van der Waals surface area (Å²) in [6, 6.07) is 3.37. The minimum absolute atomic E-state index is 0.217. The maximum absolute atomic E-state index is 11.7. The van der Waals surface area contributed by atoms with Gasteiger partial charge in [0.1, 0.15) is 12.4 Å². The van der Waals surface area contributed by atoms with E-state index >= 15 is 0 Å². The maximum Gasteiger partial charge on any atom is 0.287 e. The molecule has 2 N–H and O–H groups in total. The summed E-state index contributed by atoms with van der Waals surface area (Å²) in [6.45, 7) is 3.03. The first-order valence-corrected chi connectivity index (χ1v) is 5.83. The topological polar surface area (TPSA) is 72.7 Å². The summed E-state index contributed by atoms with van der Waals surface area (Å²) in [5.41, 5.74) is 0. The van der Waals surface area contributed by atoms with E-state index < -0.39 is 0 Å². The first kappa shape index (κ1) is 14.7. The summed E-state index contributed by atoms with van der Waals surface area (Å²) in [5, 5.41) is 5.88. The zero-order valence-corrected chi connectivity index (χ0v) is 10.8. The summed E-state index contributed by atoms with van der Waals surface area (Å²) in [4.78, 5) is 11.7. The molecule has 0 fully saturated rings. The van der Waals surface area contributed by atoms with Crippen LogP contribution < -0.4 is 10.6 Å². The van der Waals surface area contributed by atoms with E-state index in [0.29, 0.717) is 37.8 Å². The van der Waals surface area contributed by atoms with Gasteiger partial charge in [0, 0.05) is 33.9 Å². The summed E-state index contributed by atoms with van der Waals surface area (Å²) in [7, 11) is 3.23. The molecule has 6 nitrogen and oxygen atoms in total. The third kappa shape index (κ3) is 5.31. The predicted octanol–water partition coefficient (Wildman–Crippen LogP) is 0.392. The number of methoxy groups -OCH3 is 2. The number of hydrogen-bond donors (Lipinski definition) is 2. The number of carbonyl (C=O) groups excluding carboxylic acids is 1. The van der Waals surface area contributed by atoms with Crippen molar-refractivity contribution in [3.8, 4) is 0 Å². The molecule has 1 rings (SSSR count). The van der Waals surface area contributed by atoms with Crippen LogP contribution in [0.4, 0.5) is 0 Å². The van der Waals surface area contributed by atoms with E-state index in [-0.39, 0.29) is 5.91 Å². The Hall–Kier alpha value is -1.37. The van der Waals surface area contributed by atoms with Gasteiger partial charge in [-0.1, -0.05) is 0 Å². The third-order valence-corrected chi connectivity index (χ3v) is 2.24. The molecule has 0 saturated carbocycles. The van der Waals surface area contributed by atoms with Crippen molar-refractivity contribution in [2.75, 3.05) is 40.5 Å². The fraction of sp³-hybridized carbons (Fsp3) is 0.583. The van der Waals surface area contributed by atoms with Gasteiger partial charge in [-0.3, -0.25) is 4.79 Å². The number of carbonyl (C=O) groups is 1. The van der Waals surface area contributed by atoms with Crippen LogP contribution >= 0.6 is 0 Å². The fourth-order valence-corrected chi connectivity index (χ4v) is 1.37. The van der Waals surface area contributed by atoms with Gasteiger partial charge in [0.25, 0.3) is 5.91 Å². The summed E-state index contributed by atoms with van der Waals surface area (Å²) >= 11 is 0. The Bertz CT molecular complexity index is 352. The van der Waals surface area contributed by atoms with Gasteiger partial charge in [-0.25, -0.2) is 0 Å². The molecule has 1 heterocycles. The minimum atomic E-state index is -0.217. The molecule has 0 aliphatic heterocycles. The van der Waals surface area contributed by atoms with Crippen LogP contribution in [0.25, 0.3) is 0 Å². The van der Waals surface area contributed by atoms with Crippen LogP contribution in [-0.4, -0.2) is 46.4 Å². The SMILES string of the molecule is COCCNCCNC(=O)c1ccc(COC)o1. The quantitative estimate of drug-likeness (QED) is 0.625. The summed E-state index contributed by atoms with van der Waals surface area (Å²) in [6.07, 6.45) is 0. The number of furan rings is 1. The lowest BCUT2D eigenvalue weighted by Crippen LogP contribution is -2.32. The van der Waals surface area contributed by atoms with Gasteiger partial charge < -0.3 is 24.5 Å². The average molecular weight is 256 g/mol. The van der Waals surface area contributed by atoms with E-state index in [1.165, 1.54) is 0 Å². The molecule has 18 heavy (non-hydrogen) atoms. The normalized spacial score (nSPS) is 10.6. The third-order valence-electron chi connectivity index (χ3n) is 2.24. The monoisotopic (exact) mass is 256 g/mol. The van der Waals surface area contributed by atoms with Crippen LogP contribution in [0.2, 0.25) is 0 Å². The Kier molecular flexibility index (Phi) is 7.09. The van der Waals surface area contributed by atoms with E-state index in [4.69, 9.17) is 13.9 Å². The van der Waals surface area contributed by atoms with Crippen molar-refractivity contribution in [2.24, 2.45) is 0 Å². The van der Waals surface area contributed by atoms with Gasteiger partial charge in [0.2, 0.25) is 0 Å². The highest BCUT2D eigenvalue weighted by molar-refractivity contribution is 5.91. The van der Waals surface area contributed by atoms with E-state index in [0.717, 1.165) is 6.54 Å². The van der Waals surface area contributed by atoms with Gasteiger partial charge >= 0.3 is 0 Å². The van der Waals surface area contributed by atoms with Crippen LogP contribution in [0.5, 0.6) is 0 Å². The number of amides is 1. The molecule has 0 spiro atoms. The van der Waals surface area contributed by atoms with Gasteiger partial charge in [-0.15, -0.1) is 0 Å². The summed E-state index contributed by atoms with van der Waals surface area (Å²) in [5.74, 6) is 0.728. The predicted molar refractivity (Wildman–Crippen MR) is 66.5 cm³/mol. The molecule has 0 bridgehead atoms. The molecule has 0 aliphatic rings. The second kappa shape index (κ2) is 8.68. The standard InChI is InChI=1S/C12H20N2O4/c1-16-8-7-13-5-6-14-12(15)11-4-3-10(18-11)9-17-2/h3-4,13H,5-9H2,1-2H3,(H,14,15). The van der Waals surface area contributed by atoms with E-state index in [2.05, 4.69) is 10.6 Å². The van der Waals surface area contributed by atoms with Crippen LogP contribution in [0.15, 0.2) is 16.5 Å². The second-order valence-corrected chi connectivity index (χ2v) is 3.70. The van der Waals surface area contributed by atoms with Crippen molar-refractivity contribution in [1.29, 1.82) is 0 Å². The number of rotatable bonds is 9. The number of ether oxygens (including phenoxy) is 2. The lowest BCUT2D eigenvalue weighted by atomic mass is 10.4. The highest BCUT2D eigenvalue weighted by atomic mass is 16.5. The molecule has 1 aromatic heterocycles. The summed E-state index contributed by atoms with van der Waals surface area (Å²) < 4.78 is 15.1. The van der Waals surface area contributed by atoms with Crippen molar-refractivity contribution < 1.29 is 18.7 Å². The molecule has 102 valence electrons. The van der Waals surface area contributed by atoms with E-state index in [1.807, 2.05) is 0 Å². The molecule has 0 saturated heterocycles. The zero-order chi connectivity index (χ0) is 13.2. The molecule has 1 amide bonds. The Balaban J connectivity index is 2.19. The Morgan fingerprint density at radius 1 is 1.22 bits per heavy atom. The maximum atomic E-state index is 11.7. The zero-order valence-electron chi connectivity index (χ0n) is 10.8. The molecular formula is C12H20N2O4. The first-order chi connectivity index (χ1) is 8.77. The molecule has 0 aliphatic carbocycles. The molecule has 0 atom stereocenters. The smallest absolute Gasteiger partial charge is 0.287 e. The fourth-order valence-electron chi connectivity index (χ4n) is 1.37. The lowest BCUT2D eigenvalue weighted by Gasteiger charge is -2.05. The van der Waals surface area contributed by atoms with Crippen LogP contribution in [0.3, 0.4) is 0 Å². The minimum Gasteiger partial charge on any atom is -0.453 e. The average Bonchev–Trinajstić information content (AvgIpc) is 2.82. The largest absolute Gasteiger partial charge is 0.453 e. The van der Waals surface area contributed by atoms with Crippen LogP contribution in [-0.2, 0) is 16.1 Å². The molecule has 0 aromatic carbocycles. The van der Waals surface area contributed by atoms with Crippen molar-refractivity contribution in [1.82, 2.24) is 10.6 Å². The molecule has 0 radical (unpaired) electrons. The second-order valence-electron chi connectivity index (χ2n) is 3.70.